The topological polar surface area (TPSA) is 26.0 Å². The van der Waals surface area contributed by atoms with Crippen LogP contribution in [-0.2, 0) is 0 Å². The smallest absolute Gasteiger partial charge is 0.0961 e. The average Bonchev–Trinajstić information content (AvgIpc) is 2.58. The zero-order valence-electron chi connectivity index (χ0n) is 9.01. The molecule has 1 atom stereocenters. The van der Waals surface area contributed by atoms with E-state index in [2.05, 4.69) is 15.9 Å². The molecule has 0 radical (unpaired) electrons. The summed E-state index contributed by atoms with van der Waals surface area (Å²) in [5.41, 5.74) is 8.30. The SMILES string of the molecule is Cc1cc(C(N)c2ccc(Cl)cc2Br)sc1Cl. The molecular weight excluding hydrogens is 341 g/mol. The second-order valence-corrected chi connectivity index (χ2v) is 6.73. The van der Waals surface area contributed by atoms with Gasteiger partial charge in [-0.15, -0.1) is 11.3 Å². The lowest BCUT2D eigenvalue weighted by Gasteiger charge is -2.12. The van der Waals surface area contributed by atoms with Crippen LogP contribution in [0.25, 0.3) is 0 Å². The van der Waals surface area contributed by atoms with E-state index in [0.717, 1.165) is 24.8 Å². The molecule has 2 rings (SSSR count). The lowest BCUT2D eigenvalue weighted by Crippen LogP contribution is -2.10. The van der Waals surface area contributed by atoms with Crippen molar-refractivity contribution in [3.05, 3.63) is 54.1 Å². The van der Waals surface area contributed by atoms with E-state index in [1.165, 1.54) is 11.3 Å². The van der Waals surface area contributed by atoms with Crippen molar-refractivity contribution in [3.8, 4) is 0 Å². The van der Waals surface area contributed by atoms with Gasteiger partial charge in [0.05, 0.1) is 10.4 Å². The van der Waals surface area contributed by atoms with Crippen LogP contribution in [-0.4, -0.2) is 0 Å². The summed E-state index contributed by atoms with van der Waals surface area (Å²) in [6.45, 7) is 1.98. The van der Waals surface area contributed by atoms with E-state index in [1.807, 2.05) is 31.2 Å². The Morgan fingerprint density at radius 3 is 2.53 bits per heavy atom. The summed E-state index contributed by atoms with van der Waals surface area (Å²) in [6.07, 6.45) is 0. The molecule has 2 aromatic rings. The van der Waals surface area contributed by atoms with Crippen LogP contribution >= 0.6 is 50.5 Å². The second kappa shape index (κ2) is 5.29. The fourth-order valence-corrected chi connectivity index (χ4v) is 3.71. The van der Waals surface area contributed by atoms with E-state index in [0.29, 0.717) is 5.02 Å². The molecular formula is C12H10BrCl2NS. The number of aryl methyl sites for hydroxylation is 1. The highest BCUT2D eigenvalue weighted by Gasteiger charge is 2.15. The Morgan fingerprint density at radius 2 is 2.00 bits per heavy atom. The Kier molecular flexibility index (Phi) is 4.16. The Bertz CT molecular complexity index is 534. The van der Waals surface area contributed by atoms with Crippen LogP contribution in [0.3, 0.4) is 0 Å². The van der Waals surface area contributed by atoms with E-state index in [4.69, 9.17) is 28.9 Å². The van der Waals surface area contributed by atoms with Gasteiger partial charge >= 0.3 is 0 Å². The van der Waals surface area contributed by atoms with Crippen molar-refractivity contribution < 1.29 is 0 Å². The average molecular weight is 351 g/mol. The predicted molar refractivity (Wildman–Crippen MR) is 79.2 cm³/mol. The minimum Gasteiger partial charge on any atom is -0.320 e. The summed E-state index contributed by atoms with van der Waals surface area (Å²) in [5.74, 6) is 0. The Labute approximate surface area is 123 Å². The van der Waals surface area contributed by atoms with Gasteiger partial charge in [-0.3, -0.25) is 0 Å². The van der Waals surface area contributed by atoms with Crippen molar-refractivity contribution in [1.29, 1.82) is 0 Å². The molecule has 90 valence electrons. The molecule has 0 amide bonds. The predicted octanol–water partition coefficient (Wildman–Crippen LogP) is 5.17. The minimum atomic E-state index is -0.183. The lowest BCUT2D eigenvalue weighted by molar-refractivity contribution is 0.886. The van der Waals surface area contributed by atoms with Gasteiger partial charge in [-0.25, -0.2) is 0 Å². The van der Waals surface area contributed by atoms with Gasteiger partial charge in [-0.2, -0.15) is 0 Å². The van der Waals surface area contributed by atoms with Gasteiger partial charge in [0, 0.05) is 14.4 Å². The molecule has 2 N–H and O–H groups in total. The maximum atomic E-state index is 6.23. The highest BCUT2D eigenvalue weighted by Crippen LogP contribution is 2.35. The van der Waals surface area contributed by atoms with Crippen LogP contribution in [0.1, 0.15) is 22.0 Å². The van der Waals surface area contributed by atoms with Crippen molar-refractivity contribution in [3.63, 3.8) is 0 Å². The molecule has 0 bridgehead atoms. The molecule has 1 nitrogen and oxygen atoms in total. The van der Waals surface area contributed by atoms with Crippen LogP contribution in [0.4, 0.5) is 0 Å². The monoisotopic (exact) mass is 349 g/mol. The largest absolute Gasteiger partial charge is 0.320 e. The highest BCUT2D eigenvalue weighted by atomic mass is 79.9. The molecule has 1 aromatic heterocycles. The molecule has 0 spiro atoms. The number of halogens is 3. The van der Waals surface area contributed by atoms with Crippen LogP contribution in [0.5, 0.6) is 0 Å². The summed E-state index contributed by atoms with van der Waals surface area (Å²) in [6, 6.07) is 7.46. The van der Waals surface area contributed by atoms with Crippen LogP contribution in [0.2, 0.25) is 9.36 Å². The van der Waals surface area contributed by atoms with Crippen LogP contribution < -0.4 is 5.73 Å². The van der Waals surface area contributed by atoms with Crippen LogP contribution in [0.15, 0.2) is 28.7 Å². The molecule has 0 fully saturated rings. The third-order valence-corrected chi connectivity index (χ3v) is 5.04. The maximum absolute atomic E-state index is 6.23. The first kappa shape index (κ1) is 13.4. The van der Waals surface area contributed by atoms with Gasteiger partial charge in [-0.1, -0.05) is 45.2 Å². The summed E-state index contributed by atoms with van der Waals surface area (Å²) < 4.78 is 1.71. The zero-order valence-corrected chi connectivity index (χ0v) is 12.9. The summed E-state index contributed by atoms with van der Waals surface area (Å²) in [7, 11) is 0. The number of thiophene rings is 1. The summed E-state index contributed by atoms with van der Waals surface area (Å²) >= 11 is 17.0. The highest BCUT2D eigenvalue weighted by molar-refractivity contribution is 9.10. The van der Waals surface area contributed by atoms with E-state index in [9.17, 15) is 0 Å². The Hall–Kier alpha value is -0.0600. The third kappa shape index (κ3) is 2.85. The lowest BCUT2D eigenvalue weighted by atomic mass is 10.1. The molecule has 5 heteroatoms. The number of hydrogen-bond donors (Lipinski definition) is 1. The van der Waals surface area contributed by atoms with Crippen molar-refractivity contribution >= 4 is 50.5 Å². The molecule has 0 aliphatic heterocycles. The number of rotatable bonds is 2. The first-order chi connectivity index (χ1) is 7.99. The van der Waals surface area contributed by atoms with E-state index < -0.39 is 0 Å². The van der Waals surface area contributed by atoms with Gasteiger partial charge in [0.25, 0.3) is 0 Å². The summed E-state index contributed by atoms with van der Waals surface area (Å²) in [4.78, 5) is 1.05. The quantitative estimate of drug-likeness (QED) is 0.793. The molecule has 1 heterocycles. The fourth-order valence-electron chi connectivity index (χ4n) is 1.54. The number of benzene rings is 1. The molecule has 0 saturated heterocycles. The first-order valence-electron chi connectivity index (χ1n) is 4.95. The number of hydrogen-bond acceptors (Lipinski definition) is 2. The van der Waals surface area contributed by atoms with Gasteiger partial charge in [0.2, 0.25) is 0 Å². The Balaban J connectivity index is 2.39. The summed E-state index contributed by atoms with van der Waals surface area (Å²) in [5, 5.41) is 0.688. The fraction of sp³-hybridized carbons (Fsp3) is 0.167. The third-order valence-electron chi connectivity index (χ3n) is 2.48. The van der Waals surface area contributed by atoms with Crippen molar-refractivity contribution in [2.24, 2.45) is 5.73 Å². The molecule has 17 heavy (non-hydrogen) atoms. The Morgan fingerprint density at radius 1 is 1.29 bits per heavy atom. The van der Waals surface area contributed by atoms with Crippen molar-refractivity contribution in [1.82, 2.24) is 0 Å². The standard InChI is InChI=1S/C12H10BrCl2NS/c1-6-4-10(17-12(6)15)11(16)8-3-2-7(14)5-9(8)13/h2-5,11H,16H2,1H3. The molecule has 0 aliphatic carbocycles. The van der Waals surface area contributed by atoms with Gasteiger partial charge in [0.1, 0.15) is 0 Å². The number of nitrogens with two attached hydrogens (primary N) is 1. The van der Waals surface area contributed by atoms with E-state index in [-0.39, 0.29) is 6.04 Å². The molecule has 1 aromatic carbocycles. The molecule has 0 aliphatic rings. The van der Waals surface area contributed by atoms with E-state index >= 15 is 0 Å². The molecule has 1 unspecified atom stereocenters. The first-order valence-corrected chi connectivity index (χ1v) is 7.32. The second-order valence-electron chi connectivity index (χ2n) is 3.75. The van der Waals surface area contributed by atoms with Gasteiger partial charge in [-0.05, 0) is 36.2 Å². The maximum Gasteiger partial charge on any atom is 0.0961 e. The zero-order chi connectivity index (χ0) is 12.6. The normalized spacial score (nSPS) is 12.8. The van der Waals surface area contributed by atoms with Gasteiger partial charge in [0.15, 0.2) is 0 Å². The van der Waals surface area contributed by atoms with Crippen molar-refractivity contribution in [2.75, 3.05) is 0 Å². The van der Waals surface area contributed by atoms with Crippen LogP contribution in [0, 0.1) is 6.92 Å². The van der Waals surface area contributed by atoms with Crippen molar-refractivity contribution in [2.45, 2.75) is 13.0 Å². The molecule has 0 saturated carbocycles. The minimum absolute atomic E-state index is 0.183. The van der Waals surface area contributed by atoms with Gasteiger partial charge < -0.3 is 5.73 Å². The van der Waals surface area contributed by atoms with E-state index in [1.54, 1.807) is 0 Å².